The molecule has 1 rings (SSSR count). The number of Topliss-reactive ketones (excluding diaryl/α,β-unsaturated/α-hetero) is 1. The molecule has 0 aliphatic rings. The zero-order valence-electron chi connectivity index (χ0n) is 5.77. The Kier molecular flexibility index (Phi) is 4.31. The quantitative estimate of drug-likeness (QED) is 0.642. The normalized spacial score (nSPS) is 8.82. The molecule has 0 unspecified atom stereocenters. The molecule has 0 atom stereocenters. The summed E-state index contributed by atoms with van der Waals surface area (Å²) in [4.78, 5) is 14.8. The molecular formula is C5H7ArN3OS. The average Bonchev–Trinajstić information content (AvgIpc) is 2.10. The van der Waals surface area contributed by atoms with E-state index in [0.29, 0.717) is 10.0 Å². The molecule has 1 heterocycles. The maximum Gasteiger partial charge on any atom is 0.182 e. The second-order valence-corrected chi connectivity index (χ2v) is 2.85. The van der Waals surface area contributed by atoms with Gasteiger partial charge in [0.25, 0.3) is 0 Å². The second kappa shape index (κ2) is 4.25. The van der Waals surface area contributed by atoms with Crippen molar-refractivity contribution in [2.45, 2.75) is 6.92 Å². The van der Waals surface area contributed by atoms with Gasteiger partial charge in [-0.25, -0.2) is 4.98 Å². The number of hydrogen-bond donors (Lipinski definition) is 2. The molecule has 4 N–H and O–H groups in total. The monoisotopic (exact) mass is 197 g/mol. The van der Waals surface area contributed by atoms with Gasteiger partial charge in [0.15, 0.2) is 10.9 Å². The number of hydrogen-bond acceptors (Lipinski definition) is 5. The first-order valence-electron chi connectivity index (χ1n) is 2.64. The molecule has 0 saturated carbocycles. The molecule has 6 heteroatoms. The molecule has 0 fully saturated rings. The summed E-state index contributed by atoms with van der Waals surface area (Å²) < 4.78 is 0. The second-order valence-electron chi connectivity index (χ2n) is 1.82. The van der Waals surface area contributed by atoms with E-state index in [4.69, 9.17) is 11.5 Å². The summed E-state index contributed by atoms with van der Waals surface area (Å²) >= 11 is 1.11. The number of carbonyl (C=O) groups excluding carboxylic acids is 1. The van der Waals surface area contributed by atoms with Crippen LogP contribution in [0.15, 0.2) is 0 Å². The Labute approximate surface area is 98.0 Å². The van der Waals surface area contributed by atoms with E-state index in [-0.39, 0.29) is 49.3 Å². The third-order valence-corrected chi connectivity index (χ3v) is 1.99. The first-order valence-corrected chi connectivity index (χ1v) is 3.45. The largest absolute Gasteiger partial charge is 0.382 e. The maximum absolute atomic E-state index is 10.7. The van der Waals surface area contributed by atoms with Crippen molar-refractivity contribution < 1.29 is 42.5 Å². The van der Waals surface area contributed by atoms with Gasteiger partial charge in [0.1, 0.15) is 10.7 Å². The minimum absolute atomic E-state index is 0. The number of rotatable bonds is 1. The topological polar surface area (TPSA) is 82.0 Å². The molecule has 0 aliphatic heterocycles. The van der Waals surface area contributed by atoms with Gasteiger partial charge in [-0.15, -0.1) is 0 Å². The van der Waals surface area contributed by atoms with Crippen LogP contribution in [0.3, 0.4) is 0 Å². The van der Waals surface area contributed by atoms with Gasteiger partial charge in [-0.05, 0) is 0 Å². The molecule has 1 aromatic rings. The van der Waals surface area contributed by atoms with Crippen LogP contribution >= 0.6 is 11.3 Å². The molecule has 0 amide bonds. The van der Waals surface area contributed by atoms with Crippen LogP contribution in [0.5, 0.6) is 0 Å². The molecular weight excluding hydrogens is 190 g/mol. The van der Waals surface area contributed by atoms with E-state index in [2.05, 4.69) is 4.98 Å². The molecule has 0 saturated heterocycles. The van der Waals surface area contributed by atoms with Crippen molar-refractivity contribution in [2.24, 2.45) is 0 Å². The van der Waals surface area contributed by atoms with Crippen LogP contribution in [0.4, 0.5) is 10.9 Å². The minimum Gasteiger partial charge on any atom is -0.382 e. The van der Waals surface area contributed by atoms with Crippen molar-refractivity contribution in [3.63, 3.8) is 0 Å². The fourth-order valence-electron chi connectivity index (χ4n) is 0.601. The van der Waals surface area contributed by atoms with Crippen LogP contribution < -0.4 is 11.5 Å². The Morgan fingerprint density at radius 3 is 2.27 bits per heavy atom. The van der Waals surface area contributed by atoms with Crippen LogP contribution in [-0.4, -0.2) is 10.8 Å². The van der Waals surface area contributed by atoms with Crippen LogP contribution in [0.25, 0.3) is 0 Å². The van der Waals surface area contributed by atoms with Crippen molar-refractivity contribution in [1.82, 2.24) is 4.98 Å². The summed E-state index contributed by atoms with van der Waals surface area (Å²) in [5, 5.41) is 0.336. The summed E-state index contributed by atoms with van der Waals surface area (Å²) in [6, 6.07) is 0. The molecule has 62 valence electrons. The van der Waals surface area contributed by atoms with Gasteiger partial charge in [-0.1, -0.05) is 11.3 Å². The molecule has 0 bridgehead atoms. The Bertz CT molecular complexity index is 273. The fraction of sp³-hybridized carbons (Fsp3) is 0.200. The van der Waals surface area contributed by atoms with Gasteiger partial charge in [0, 0.05) is 44.7 Å². The van der Waals surface area contributed by atoms with Gasteiger partial charge >= 0.3 is 0 Å². The first kappa shape index (κ1) is 11.2. The number of nitrogen functional groups attached to an aromatic ring is 2. The summed E-state index contributed by atoms with van der Waals surface area (Å²) in [6.45, 7) is 1.43. The molecule has 0 spiro atoms. The number of aromatic nitrogens is 1. The fourth-order valence-corrected chi connectivity index (χ4v) is 1.25. The van der Waals surface area contributed by atoms with E-state index in [9.17, 15) is 4.79 Å². The maximum atomic E-state index is 10.7. The van der Waals surface area contributed by atoms with E-state index in [1.807, 2.05) is 0 Å². The van der Waals surface area contributed by atoms with Crippen molar-refractivity contribution in [3.8, 4) is 0 Å². The Morgan fingerprint density at radius 2 is 2.09 bits per heavy atom. The predicted octanol–water partition coefficient (Wildman–Crippen LogP) is 0.510. The average molecular weight is 197 g/mol. The Balaban J connectivity index is 0.000001000. The summed E-state index contributed by atoms with van der Waals surface area (Å²) in [5.41, 5.74) is 10.6. The smallest absolute Gasteiger partial charge is 0.182 e. The molecule has 0 aliphatic carbocycles. The molecule has 0 aromatic carbocycles. The third-order valence-electron chi connectivity index (χ3n) is 0.990. The van der Waals surface area contributed by atoms with Crippen LogP contribution in [0.2, 0.25) is 0 Å². The van der Waals surface area contributed by atoms with Gasteiger partial charge < -0.3 is 11.5 Å². The zero-order valence-corrected chi connectivity index (χ0v) is 7.30. The predicted molar refractivity (Wildman–Crippen MR) is 40.9 cm³/mol. The number of carbonyl (C=O) groups is 1. The van der Waals surface area contributed by atoms with Gasteiger partial charge in [0.05, 0.1) is 0 Å². The van der Waals surface area contributed by atoms with Crippen molar-refractivity contribution in [1.29, 1.82) is 0 Å². The van der Waals surface area contributed by atoms with Crippen molar-refractivity contribution in [3.05, 3.63) is 4.88 Å². The molecule has 1 aromatic heterocycles. The zero-order chi connectivity index (χ0) is 7.72. The SMILES string of the molecule is CC(=O)c1sc(N)nc1N.[Ar]. The van der Waals surface area contributed by atoms with E-state index in [1.54, 1.807) is 0 Å². The van der Waals surface area contributed by atoms with Crippen molar-refractivity contribution in [2.75, 3.05) is 11.5 Å². The van der Waals surface area contributed by atoms with E-state index < -0.39 is 0 Å². The van der Waals surface area contributed by atoms with Gasteiger partial charge in [-0.2, -0.15) is 0 Å². The van der Waals surface area contributed by atoms with E-state index in [0.717, 1.165) is 11.3 Å². The Morgan fingerprint density at radius 1 is 1.55 bits per heavy atom. The van der Waals surface area contributed by atoms with E-state index in [1.165, 1.54) is 6.92 Å². The molecule has 0 radical (unpaired) electrons. The van der Waals surface area contributed by atoms with Gasteiger partial charge in [-0.3, -0.25) is 4.79 Å². The summed E-state index contributed by atoms with van der Waals surface area (Å²) in [7, 11) is 0. The number of nitrogens with two attached hydrogens (primary N) is 2. The Hall–Kier alpha value is 0.160. The minimum atomic E-state index is -0.0910. The van der Waals surface area contributed by atoms with Crippen LogP contribution in [-0.2, 0) is 0 Å². The molecule has 11 heavy (non-hydrogen) atoms. The van der Waals surface area contributed by atoms with Gasteiger partial charge in [0.2, 0.25) is 0 Å². The summed E-state index contributed by atoms with van der Waals surface area (Å²) in [6.07, 6.45) is 0. The number of ketones is 1. The molecule has 4 nitrogen and oxygen atoms in total. The number of nitrogens with zero attached hydrogens (tertiary/aromatic N) is 1. The first-order chi connectivity index (χ1) is 4.61. The standard InChI is InChI=1S/C5H7N3OS.Ar/c1-2(9)3-4(6)8-5(7)10-3;/h6H2,1H3,(H2,7,8);. The van der Waals surface area contributed by atoms with Crippen LogP contribution in [0, 0.1) is 37.7 Å². The number of anilines is 2. The van der Waals surface area contributed by atoms with E-state index >= 15 is 0 Å². The van der Waals surface area contributed by atoms with Crippen molar-refractivity contribution >= 4 is 28.1 Å². The number of thiazole rings is 1. The summed E-state index contributed by atoms with van der Waals surface area (Å²) in [5.74, 6) is 0.140. The van der Waals surface area contributed by atoms with Crippen LogP contribution in [0.1, 0.15) is 16.6 Å². The third kappa shape index (κ3) is 2.59.